The van der Waals surface area contributed by atoms with E-state index in [9.17, 15) is 5.26 Å². The lowest BCUT2D eigenvalue weighted by atomic mass is 10.3. The molecule has 2 aromatic heterocycles. The zero-order valence-electron chi connectivity index (χ0n) is 11.1. The number of aromatic nitrogens is 4. The minimum Gasteiger partial charge on any atom is -0.382 e. The third-order valence-corrected chi connectivity index (χ3v) is 2.52. The van der Waals surface area contributed by atoms with Gasteiger partial charge in [-0.2, -0.15) is 5.26 Å². The number of hydrogen-bond acceptors (Lipinski definition) is 5. The van der Waals surface area contributed by atoms with E-state index in [0.29, 0.717) is 17.2 Å². The fourth-order valence-electron chi connectivity index (χ4n) is 1.68. The Balaban J connectivity index is 2.47. The summed E-state index contributed by atoms with van der Waals surface area (Å²) >= 11 is 0. The molecule has 6 nitrogen and oxygen atoms in total. The van der Waals surface area contributed by atoms with E-state index < -0.39 is 0 Å². The van der Waals surface area contributed by atoms with Crippen LogP contribution in [0.4, 0.5) is 0 Å². The van der Waals surface area contributed by atoms with Crippen molar-refractivity contribution in [1.82, 2.24) is 24.6 Å². The van der Waals surface area contributed by atoms with Crippen LogP contribution in [0.2, 0.25) is 0 Å². The predicted molar refractivity (Wildman–Crippen MR) is 71.5 cm³/mol. The van der Waals surface area contributed by atoms with E-state index in [2.05, 4.69) is 21.3 Å². The van der Waals surface area contributed by atoms with Crippen molar-refractivity contribution in [3.8, 4) is 17.6 Å². The molecule has 19 heavy (non-hydrogen) atoms. The summed E-state index contributed by atoms with van der Waals surface area (Å²) in [5.41, 5.74) is 1.19. The Bertz CT molecular complexity index is 633. The molecule has 0 spiro atoms. The van der Waals surface area contributed by atoms with Crippen LogP contribution >= 0.6 is 0 Å². The summed E-state index contributed by atoms with van der Waals surface area (Å²) in [4.78, 5) is 6.03. The summed E-state index contributed by atoms with van der Waals surface area (Å²) < 4.78 is 1.76. The Labute approximate surface area is 111 Å². The lowest BCUT2D eigenvalue weighted by Gasteiger charge is -2.06. The third kappa shape index (κ3) is 2.60. The van der Waals surface area contributed by atoms with E-state index in [1.807, 2.05) is 39.3 Å². The van der Waals surface area contributed by atoms with Gasteiger partial charge in [0.05, 0.1) is 0 Å². The molecule has 0 saturated heterocycles. The molecule has 2 rings (SSSR count). The molecule has 0 fully saturated rings. The topological polar surface area (TPSA) is 70.6 Å². The quantitative estimate of drug-likeness (QED) is 0.772. The maximum absolute atomic E-state index is 9.19. The SMILES string of the molecule is CN(C)/C=C(/C#N)c1nnc(-c2ccccn2)n1C. The molecule has 2 heterocycles. The second-order valence-corrected chi connectivity index (χ2v) is 4.24. The Morgan fingerprint density at radius 1 is 1.37 bits per heavy atom. The van der Waals surface area contributed by atoms with Crippen LogP contribution in [0, 0.1) is 11.3 Å². The maximum atomic E-state index is 9.19. The zero-order valence-corrected chi connectivity index (χ0v) is 11.1. The predicted octanol–water partition coefficient (Wildman–Crippen LogP) is 1.30. The first kappa shape index (κ1) is 12.8. The lowest BCUT2D eigenvalue weighted by Crippen LogP contribution is -2.05. The molecule has 0 N–H and O–H groups in total. The monoisotopic (exact) mass is 254 g/mol. The van der Waals surface area contributed by atoms with Gasteiger partial charge in [-0.25, -0.2) is 0 Å². The van der Waals surface area contributed by atoms with Gasteiger partial charge < -0.3 is 9.47 Å². The van der Waals surface area contributed by atoms with Crippen LogP contribution in [0.5, 0.6) is 0 Å². The van der Waals surface area contributed by atoms with E-state index >= 15 is 0 Å². The summed E-state index contributed by atoms with van der Waals surface area (Å²) in [6, 6.07) is 7.71. The van der Waals surface area contributed by atoms with E-state index in [-0.39, 0.29) is 0 Å². The van der Waals surface area contributed by atoms with Gasteiger partial charge in [-0.05, 0) is 12.1 Å². The van der Waals surface area contributed by atoms with Gasteiger partial charge in [-0.1, -0.05) is 6.07 Å². The molecule has 6 heteroatoms. The first-order chi connectivity index (χ1) is 9.13. The van der Waals surface area contributed by atoms with Gasteiger partial charge in [0, 0.05) is 33.5 Å². The number of nitrogens with zero attached hydrogens (tertiary/aromatic N) is 6. The summed E-state index contributed by atoms with van der Waals surface area (Å²) in [6.07, 6.45) is 3.41. The van der Waals surface area contributed by atoms with Crippen molar-refractivity contribution in [1.29, 1.82) is 5.26 Å². The highest BCUT2D eigenvalue weighted by Crippen LogP contribution is 2.18. The molecule has 0 aromatic carbocycles. The first-order valence-electron chi connectivity index (χ1n) is 5.73. The van der Waals surface area contributed by atoms with Crippen LogP contribution < -0.4 is 0 Å². The number of allylic oxidation sites excluding steroid dienone is 1. The highest BCUT2D eigenvalue weighted by atomic mass is 15.3. The van der Waals surface area contributed by atoms with Crippen molar-refractivity contribution >= 4 is 5.57 Å². The smallest absolute Gasteiger partial charge is 0.182 e. The Kier molecular flexibility index (Phi) is 3.57. The van der Waals surface area contributed by atoms with E-state index in [0.717, 1.165) is 5.69 Å². The average molecular weight is 254 g/mol. The molecular weight excluding hydrogens is 240 g/mol. The lowest BCUT2D eigenvalue weighted by molar-refractivity contribution is 0.565. The van der Waals surface area contributed by atoms with Gasteiger partial charge in [0.25, 0.3) is 0 Å². The van der Waals surface area contributed by atoms with Crippen molar-refractivity contribution < 1.29 is 0 Å². The Morgan fingerprint density at radius 2 is 2.16 bits per heavy atom. The van der Waals surface area contributed by atoms with Crippen LogP contribution in [-0.2, 0) is 7.05 Å². The van der Waals surface area contributed by atoms with Crippen molar-refractivity contribution in [2.45, 2.75) is 0 Å². The summed E-state index contributed by atoms with van der Waals surface area (Å²) in [5, 5.41) is 17.4. The van der Waals surface area contributed by atoms with E-state index in [1.165, 1.54) is 0 Å². The number of nitriles is 1. The zero-order chi connectivity index (χ0) is 13.8. The van der Waals surface area contributed by atoms with Crippen molar-refractivity contribution in [3.63, 3.8) is 0 Å². The van der Waals surface area contributed by atoms with Crippen molar-refractivity contribution in [3.05, 3.63) is 36.4 Å². The summed E-state index contributed by atoms with van der Waals surface area (Å²) in [5.74, 6) is 1.16. The largest absolute Gasteiger partial charge is 0.382 e. The maximum Gasteiger partial charge on any atom is 0.182 e. The van der Waals surface area contributed by atoms with Gasteiger partial charge in [0.1, 0.15) is 17.3 Å². The molecule has 96 valence electrons. The van der Waals surface area contributed by atoms with Gasteiger partial charge >= 0.3 is 0 Å². The fraction of sp³-hybridized carbons (Fsp3) is 0.231. The summed E-state index contributed by atoms with van der Waals surface area (Å²) in [7, 11) is 5.53. The number of rotatable bonds is 3. The standard InChI is InChI=1S/C13H14N6/c1-18(2)9-10(8-14)12-16-17-13(19(12)3)11-6-4-5-7-15-11/h4-7,9H,1-3H3/b10-9-. The number of hydrogen-bond donors (Lipinski definition) is 0. The molecule has 0 atom stereocenters. The van der Waals surface area contributed by atoms with Crippen molar-refractivity contribution in [2.24, 2.45) is 7.05 Å². The first-order valence-corrected chi connectivity index (χ1v) is 5.73. The average Bonchev–Trinajstić information content (AvgIpc) is 2.78. The second kappa shape index (κ2) is 5.31. The molecule has 0 aliphatic heterocycles. The van der Waals surface area contributed by atoms with Crippen molar-refractivity contribution in [2.75, 3.05) is 14.1 Å². The molecular formula is C13H14N6. The van der Waals surface area contributed by atoms with Gasteiger partial charge in [-0.15, -0.1) is 10.2 Å². The van der Waals surface area contributed by atoms with Gasteiger partial charge in [0.15, 0.2) is 11.6 Å². The molecule has 0 saturated carbocycles. The Morgan fingerprint density at radius 3 is 2.74 bits per heavy atom. The van der Waals surface area contributed by atoms with Crippen LogP contribution in [0.25, 0.3) is 17.1 Å². The second-order valence-electron chi connectivity index (χ2n) is 4.24. The molecule has 2 aromatic rings. The minimum absolute atomic E-state index is 0.460. The highest BCUT2D eigenvalue weighted by molar-refractivity contribution is 5.73. The van der Waals surface area contributed by atoms with Gasteiger partial charge in [-0.3, -0.25) is 4.98 Å². The highest BCUT2D eigenvalue weighted by Gasteiger charge is 2.15. The normalized spacial score (nSPS) is 11.2. The van der Waals surface area contributed by atoms with Crippen LogP contribution in [0.15, 0.2) is 30.6 Å². The van der Waals surface area contributed by atoms with E-state index in [1.54, 1.807) is 21.9 Å². The molecule has 0 amide bonds. The Hall–Kier alpha value is -2.68. The minimum atomic E-state index is 0.460. The molecule has 0 bridgehead atoms. The molecule has 0 radical (unpaired) electrons. The van der Waals surface area contributed by atoms with Gasteiger partial charge in [0.2, 0.25) is 0 Å². The van der Waals surface area contributed by atoms with Crippen LogP contribution in [0.3, 0.4) is 0 Å². The summed E-state index contributed by atoms with van der Waals surface area (Å²) in [6.45, 7) is 0. The number of pyridine rings is 1. The van der Waals surface area contributed by atoms with Crippen LogP contribution in [0.1, 0.15) is 5.82 Å². The molecule has 0 aliphatic rings. The third-order valence-electron chi connectivity index (χ3n) is 2.52. The molecule has 0 aliphatic carbocycles. The fourth-order valence-corrected chi connectivity index (χ4v) is 1.68. The van der Waals surface area contributed by atoms with E-state index in [4.69, 9.17) is 0 Å². The molecule has 0 unspecified atom stereocenters. The van der Waals surface area contributed by atoms with Crippen LogP contribution in [-0.4, -0.2) is 38.7 Å².